The van der Waals surface area contributed by atoms with E-state index in [0.717, 1.165) is 18.6 Å². The minimum absolute atomic E-state index is 0.280. The summed E-state index contributed by atoms with van der Waals surface area (Å²) < 4.78 is 0. The van der Waals surface area contributed by atoms with Crippen LogP contribution in [0.15, 0.2) is 16.9 Å². The van der Waals surface area contributed by atoms with Gasteiger partial charge >= 0.3 is 0 Å². The van der Waals surface area contributed by atoms with Crippen molar-refractivity contribution in [3.63, 3.8) is 0 Å². The van der Waals surface area contributed by atoms with Crippen LogP contribution in [0.1, 0.15) is 46.0 Å². The van der Waals surface area contributed by atoms with E-state index in [1.165, 1.54) is 31.6 Å². The van der Waals surface area contributed by atoms with Gasteiger partial charge < -0.3 is 10.3 Å². The Labute approximate surface area is 116 Å². The number of hydrogen-bond donors (Lipinski definition) is 1. The second kappa shape index (κ2) is 6.10. The number of nitrogens with one attached hydrogen (secondary N) is 1. The summed E-state index contributed by atoms with van der Waals surface area (Å²) in [5.74, 6) is 0. The SMILES string of the molecule is CC1(C)CC(N2CCCC2)=CC(=NNCCC#N)C1. The van der Waals surface area contributed by atoms with Gasteiger partial charge in [0.15, 0.2) is 0 Å². The molecule has 2 rings (SSSR count). The fourth-order valence-corrected chi connectivity index (χ4v) is 2.89. The second-order valence-corrected chi connectivity index (χ2v) is 6.27. The van der Waals surface area contributed by atoms with Gasteiger partial charge in [-0.1, -0.05) is 13.8 Å². The van der Waals surface area contributed by atoms with Crippen molar-refractivity contribution in [2.75, 3.05) is 19.6 Å². The summed E-state index contributed by atoms with van der Waals surface area (Å²) in [7, 11) is 0. The highest BCUT2D eigenvalue weighted by Gasteiger charge is 2.29. The Balaban J connectivity index is 2.05. The molecule has 104 valence electrons. The molecule has 1 aliphatic heterocycles. The molecule has 0 saturated carbocycles. The number of rotatable bonds is 4. The first-order valence-electron chi connectivity index (χ1n) is 7.23. The van der Waals surface area contributed by atoms with Gasteiger partial charge in [0.25, 0.3) is 0 Å². The standard InChI is InChI=1S/C15H24N4/c1-15(2)11-13(18-17-7-5-6-16)10-14(12-15)19-8-3-4-9-19/h10,17H,3-5,7-9,11-12H2,1-2H3. The maximum Gasteiger partial charge on any atom is 0.0640 e. The van der Waals surface area contributed by atoms with Crippen LogP contribution >= 0.6 is 0 Å². The third kappa shape index (κ3) is 3.99. The largest absolute Gasteiger partial charge is 0.375 e. The molecule has 0 aromatic heterocycles. The second-order valence-electron chi connectivity index (χ2n) is 6.27. The molecule has 19 heavy (non-hydrogen) atoms. The first-order chi connectivity index (χ1) is 9.11. The van der Waals surface area contributed by atoms with Crippen molar-refractivity contribution in [2.24, 2.45) is 10.5 Å². The first-order valence-corrected chi connectivity index (χ1v) is 7.23. The van der Waals surface area contributed by atoms with Crippen LogP contribution < -0.4 is 5.43 Å². The van der Waals surface area contributed by atoms with Crippen molar-refractivity contribution < 1.29 is 0 Å². The zero-order valence-corrected chi connectivity index (χ0v) is 12.1. The molecular formula is C15H24N4. The van der Waals surface area contributed by atoms with Crippen LogP contribution in [-0.2, 0) is 0 Å². The number of nitrogens with zero attached hydrogens (tertiary/aromatic N) is 3. The van der Waals surface area contributed by atoms with Crippen molar-refractivity contribution in [3.8, 4) is 6.07 Å². The van der Waals surface area contributed by atoms with Gasteiger partial charge in [0.2, 0.25) is 0 Å². The molecule has 1 heterocycles. The van der Waals surface area contributed by atoms with Gasteiger partial charge in [0.05, 0.1) is 18.2 Å². The highest BCUT2D eigenvalue weighted by atomic mass is 15.3. The molecule has 1 saturated heterocycles. The number of nitriles is 1. The quantitative estimate of drug-likeness (QED) is 0.624. The molecule has 2 aliphatic rings. The monoisotopic (exact) mass is 260 g/mol. The van der Waals surface area contributed by atoms with Crippen molar-refractivity contribution in [2.45, 2.75) is 46.0 Å². The fourth-order valence-electron chi connectivity index (χ4n) is 2.89. The lowest BCUT2D eigenvalue weighted by Crippen LogP contribution is -2.30. The van der Waals surface area contributed by atoms with Crippen LogP contribution in [0.3, 0.4) is 0 Å². The molecule has 1 N–H and O–H groups in total. The predicted molar refractivity (Wildman–Crippen MR) is 77.6 cm³/mol. The first kappa shape index (κ1) is 13.9. The predicted octanol–water partition coefficient (Wildman–Crippen LogP) is 2.65. The summed E-state index contributed by atoms with van der Waals surface area (Å²) in [6.07, 6.45) is 7.52. The lowest BCUT2D eigenvalue weighted by molar-refractivity contribution is 0.305. The average Bonchev–Trinajstić information content (AvgIpc) is 2.86. The molecule has 0 spiro atoms. The maximum atomic E-state index is 8.51. The van der Waals surface area contributed by atoms with Gasteiger partial charge in [-0.25, -0.2) is 0 Å². The fraction of sp³-hybridized carbons (Fsp3) is 0.733. The lowest BCUT2D eigenvalue weighted by atomic mass is 9.78. The minimum Gasteiger partial charge on any atom is -0.375 e. The van der Waals surface area contributed by atoms with E-state index in [4.69, 9.17) is 5.26 Å². The molecule has 0 unspecified atom stereocenters. The average molecular weight is 260 g/mol. The van der Waals surface area contributed by atoms with Crippen LogP contribution in [0.5, 0.6) is 0 Å². The Morgan fingerprint density at radius 3 is 2.79 bits per heavy atom. The van der Waals surface area contributed by atoms with Gasteiger partial charge in [0, 0.05) is 25.3 Å². The molecule has 1 fully saturated rings. The normalized spacial score (nSPS) is 24.2. The Kier molecular flexibility index (Phi) is 4.47. The minimum atomic E-state index is 0.280. The molecule has 0 aromatic carbocycles. The van der Waals surface area contributed by atoms with Crippen LogP contribution in [0.2, 0.25) is 0 Å². The van der Waals surface area contributed by atoms with E-state index < -0.39 is 0 Å². The summed E-state index contributed by atoms with van der Waals surface area (Å²) in [5, 5.41) is 13.0. The maximum absolute atomic E-state index is 8.51. The number of allylic oxidation sites excluding steroid dienone is 2. The Morgan fingerprint density at radius 2 is 2.11 bits per heavy atom. The number of hydrazone groups is 1. The van der Waals surface area contributed by atoms with Gasteiger partial charge in [0.1, 0.15) is 0 Å². The summed E-state index contributed by atoms with van der Waals surface area (Å²) >= 11 is 0. The van der Waals surface area contributed by atoms with E-state index >= 15 is 0 Å². The van der Waals surface area contributed by atoms with Crippen molar-refractivity contribution in [3.05, 3.63) is 11.8 Å². The van der Waals surface area contributed by atoms with E-state index in [2.05, 4.69) is 41.4 Å². The molecule has 0 aromatic rings. The number of likely N-dealkylation sites (tertiary alicyclic amines) is 1. The van der Waals surface area contributed by atoms with Crippen LogP contribution in [-0.4, -0.2) is 30.2 Å². The Bertz CT molecular complexity index is 408. The Hall–Kier alpha value is -1.50. The molecule has 0 bridgehead atoms. The van der Waals surface area contributed by atoms with Gasteiger partial charge in [-0.3, -0.25) is 0 Å². The van der Waals surface area contributed by atoms with E-state index in [1.807, 2.05) is 0 Å². The lowest BCUT2D eigenvalue weighted by Gasteiger charge is -2.34. The summed E-state index contributed by atoms with van der Waals surface area (Å²) in [6, 6.07) is 2.12. The summed E-state index contributed by atoms with van der Waals surface area (Å²) in [5.41, 5.74) is 5.85. The molecule has 0 atom stereocenters. The highest BCUT2D eigenvalue weighted by molar-refractivity contribution is 5.96. The molecule has 0 amide bonds. The van der Waals surface area contributed by atoms with Gasteiger partial charge in [-0.05, 0) is 37.2 Å². The van der Waals surface area contributed by atoms with Crippen molar-refractivity contribution in [1.82, 2.24) is 10.3 Å². The van der Waals surface area contributed by atoms with Crippen LogP contribution in [0.25, 0.3) is 0 Å². The van der Waals surface area contributed by atoms with Crippen LogP contribution in [0, 0.1) is 16.7 Å². The van der Waals surface area contributed by atoms with E-state index in [1.54, 1.807) is 0 Å². The van der Waals surface area contributed by atoms with Gasteiger partial charge in [-0.15, -0.1) is 0 Å². The summed E-state index contributed by atoms with van der Waals surface area (Å²) in [6.45, 7) is 7.63. The van der Waals surface area contributed by atoms with Crippen molar-refractivity contribution >= 4 is 5.71 Å². The van der Waals surface area contributed by atoms with E-state index in [0.29, 0.717) is 13.0 Å². The summed E-state index contributed by atoms with van der Waals surface area (Å²) in [4.78, 5) is 2.51. The Morgan fingerprint density at radius 1 is 1.37 bits per heavy atom. The zero-order chi connectivity index (χ0) is 13.7. The smallest absolute Gasteiger partial charge is 0.0640 e. The third-order valence-electron chi connectivity index (χ3n) is 3.74. The van der Waals surface area contributed by atoms with E-state index in [-0.39, 0.29) is 5.41 Å². The molecule has 1 aliphatic carbocycles. The zero-order valence-electron chi connectivity index (χ0n) is 12.1. The topological polar surface area (TPSA) is 51.4 Å². The molecule has 0 radical (unpaired) electrons. The highest BCUT2D eigenvalue weighted by Crippen LogP contribution is 2.36. The van der Waals surface area contributed by atoms with Crippen LogP contribution in [0.4, 0.5) is 0 Å². The number of hydrogen-bond acceptors (Lipinski definition) is 4. The van der Waals surface area contributed by atoms with Crippen molar-refractivity contribution in [1.29, 1.82) is 5.26 Å². The molecule has 4 nitrogen and oxygen atoms in total. The van der Waals surface area contributed by atoms with E-state index in [9.17, 15) is 0 Å². The van der Waals surface area contributed by atoms with Gasteiger partial charge in [-0.2, -0.15) is 10.4 Å². The molecule has 4 heteroatoms. The third-order valence-corrected chi connectivity index (χ3v) is 3.74. The molecular weight excluding hydrogens is 236 g/mol.